The second-order valence-corrected chi connectivity index (χ2v) is 5.13. The number of hydrogen-bond acceptors (Lipinski definition) is 2. The van der Waals surface area contributed by atoms with E-state index in [0.29, 0.717) is 0 Å². The van der Waals surface area contributed by atoms with Gasteiger partial charge in [-0.25, -0.2) is 0 Å². The van der Waals surface area contributed by atoms with Crippen LogP contribution in [-0.2, 0) is 4.74 Å². The van der Waals surface area contributed by atoms with E-state index in [4.69, 9.17) is 4.74 Å². The minimum atomic E-state index is 0.729. The second-order valence-electron chi connectivity index (χ2n) is 5.13. The van der Waals surface area contributed by atoms with Crippen LogP contribution in [-0.4, -0.2) is 37.2 Å². The molecule has 0 aromatic carbocycles. The van der Waals surface area contributed by atoms with Gasteiger partial charge in [0, 0.05) is 12.6 Å². The van der Waals surface area contributed by atoms with Crippen molar-refractivity contribution in [3.05, 3.63) is 0 Å². The molecule has 0 radical (unpaired) electrons. The maximum atomic E-state index is 5.55. The Morgan fingerprint density at radius 3 is 2.79 bits per heavy atom. The van der Waals surface area contributed by atoms with Gasteiger partial charge in [0.15, 0.2) is 0 Å². The summed E-state index contributed by atoms with van der Waals surface area (Å²) < 4.78 is 5.55. The van der Waals surface area contributed by atoms with Crippen LogP contribution in [0.4, 0.5) is 0 Å². The van der Waals surface area contributed by atoms with Crippen molar-refractivity contribution in [2.75, 3.05) is 26.3 Å². The van der Waals surface area contributed by atoms with Crippen LogP contribution in [0.2, 0.25) is 0 Å². The van der Waals surface area contributed by atoms with Gasteiger partial charge < -0.3 is 4.74 Å². The number of morpholine rings is 1. The van der Waals surface area contributed by atoms with Crippen LogP contribution in [0.1, 0.15) is 33.1 Å². The molecule has 0 N–H and O–H groups in total. The van der Waals surface area contributed by atoms with Crippen LogP contribution >= 0.6 is 0 Å². The van der Waals surface area contributed by atoms with Crippen LogP contribution in [0.25, 0.3) is 0 Å². The molecule has 0 aromatic heterocycles. The molecule has 82 valence electrons. The first-order valence-electron chi connectivity index (χ1n) is 6.09. The lowest BCUT2D eigenvalue weighted by molar-refractivity contribution is -0.00593. The van der Waals surface area contributed by atoms with Gasteiger partial charge in [-0.15, -0.1) is 0 Å². The Bertz CT molecular complexity index is 165. The summed E-state index contributed by atoms with van der Waals surface area (Å²) in [6, 6.07) is 0.729. The number of nitrogens with zero attached hydrogens (tertiary/aromatic N) is 1. The molecule has 14 heavy (non-hydrogen) atoms. The van der Waals surface area contributed by atoms with Gasteiger partial charge in [0.2, 0.25) is 0 Å². The summed E-state index contributed by atoms with van der Waals surface area (Å²) in [5.74, 6) is 1.80. The fourth-order valence-corrected chi connectivity index (χ4v) is 2.80. The van der Waals surface area contributed by atoms with Crippen molar-refractivity contribution >= 4 is 0 Å². The average molecular weight is 197 g/mol. The fourth-order valence-electron chi connectivity index (χ4n) is 2.80. The molecule has 0 bridgehead atoms. The molecule has 2 heterocycles. The third-order valence-electron chi connectivity index (χ3n) is 3.95. The first kappa shape index (κ1) is 10.4. The molecular weight excluding hydrogens is 174 g/mol. The van der Waals surface area contributed by atoms with Crippen molar-refractivity contribution in [3.63, 3.8) is 0 Å². The van der Waals surface area contributed by atoms with Crippen molar-refractivity contribution in [2.45, 2.75) is 39.2 Å². The first-order valence-corrected chi connectivity index (χ1v) is 6.09. The molecule has 2 saturated heterocycles. The molecule has 2 rings (SSSR count). The highest BCUT2D eigenvalue weighted by molar-refractivity contribution is 4.81. The molecule has 0 aliphatic carbocycles. The van der Waals surface area contributed by atoms with Gasteiger partial charge >= 0.3 is 0 Å². The van der Waals surface area contributed by atoms with Gasteiger partial charge in [-0.05, 0) is 37.6 Å². The van der Waals surface area contributed by atoms with Crippen LogP contribution < -0.4 is 0 Å². The minimum absolute atomic E-state index is 0.729. The van der Waals surface area contributed by atoms with Crippen molar-refractivity contribution in [2.24, 2.45) is 11.8 Å². The zero-order valence-electron chi connectivity index (χ0n) is 9.54. The van der Waals surface area contributed by atoms with Crippen molar-refractivity contribution in [3.8, 4) is 0 Å². The predicted octanol–water partition coefficient (Wildman–Crippen LogP) is 2.14. The van der Waals surface area contributed by atoms with E-state index in [-0.39, 0.29) is 0 Å². The standard InChI is InChI=1S/C12H23NO/c1-10(2)11-3-4-12-9-14-8-7-13(12)6-5-11/h10-12H,3-9H2,1-2H3. The molecule has 2 fully saturated rings. The summed E-state index contributed by atoms with van der Waals surface area (Å²) >= 11 is 0. The Balaban J connectivity index is 1.92. The zero-order valence-corrected chi connectivity index (χ0v) is 9.54. The molecule has 2 heteroatoms. The molecule has 2 aliphatic rings. The van der Waals surface area contributed by atoms with Crippen molar-refractivity contribution in [1.82, 2.24) is 4.90 Å². The van der Waals surface area contributed by atoms with E-state index in [9.17, 15) is 0 Å². The van der Waals surface area contributed by atoms with Gasteiger partial charge in [-0.3, -0.25) is 4.90 Å². The van der Waals surface area contributed by atoms with E-state index in [1.54, 1.807) is 0 Å². The lowest BCUT2D eigenvalue weighted by atomic mass is 9.88. The van der Waals surface area contributed by atoms with E-state index in [1.807, 2.05) is 0 Å². The SMILES string of the molecule is CC(C)C1CCC2COCCN2CC1. The Morgan fingerprint density at radius 1 is 1.14 bits per heavy atom. The summed E-state index contributed by atoms with van der Waals surface area (Å²) in [7, 11) is 0. The number of hydrogen-bond donors (Lipinski definition) is 0. The monoisotopic (exact) mass is 197 g/mol. The van der Waals surface area contributed by atoms with E-state index in [0.717, 1.165) is 37.6 Å². The van der Waals surface area contributed by atoms with Gasteiger partial charge in [0.1, 0.15) is 0 Å². The van der Waals surface area contributed by atoms with Crippen molar-refractivity contribution in [1.29, 1.82) is 0 Å². The molecule has 0 spiro atoms. The van der Waals surface area contributed by atoms with Crippen LogP contribution in [0.5, 0.6) is 0 Å². The van der Waals surface area contributed by atoms with Crippen LogP contribution in [0, 0.1) is 11.8 Å². The predicted molar refractivity (Wildman–Crippen MR) is 58.4 cm³/mol. The van der Waals surface area contributed by atoms with Gasteiger partial charge in [0.05, 0.1) is 13.2 Å². The topological polar surface area (TPSA) is 12.5 Å². The third-order valence-corrected chi connectivity index (χ3v) is 3.95. The summed E-state index contributed by atoms with van der Waals surface area (Å²) in [5.41, 5.74) is 0. The molecule has 2 atom stereocenters. The third kappa shape index (κ3) is 2.29. The molecule has 0 saturated carbocycles. The van der Waals surface area contributed by atoms with Gasteiger partial charge in [-0.2, -0.15) is 0 Å². The quantitative estimate of drug-likeness (QED) is 0.638. The molecule has 2 unspecified atom stereocenters. The van der Waals surface area contributed by atoms with E-state index in [1.165, 1.54) is 25.8 Å². The Morgan fingerprint density at radius 2 is 2.00 bits per heavy atom. The van der Waals surface area contributed by atoms with Crippen LogP contribution in [0.15, 0.2) is 0 Å². The maximum absolute atomic E-state index is 5.55. The molecule has 2 nitrogen and oxygen atoms in total. The second kappa shape index (κ2) is 4.63. The van der Waals surface area contributed by atoms with Gasteiger partial charge in [-0.1, -0.05) is 13.8 Å². The molecular formula is C12H23NO. The Hall–Kier alpha value is -0.0800. The highest BCUT2D eigenvalue weighted by atomic mass is 16.5. The Labute approximate surface area is 87.6 Å². The van der Waals surface area contributed by atoms with Gasteiger partial charge in [0.25, 0.3) is 0 Å². The van der Waals surface area contributed by atoms with E-state index < -0.39 is 0 Å². The number of ether oxygens (including phenoxy) is 1. The molecule has 0 amide bonds. The van der Waals surface area contributed by atoms with Crippen molar-refractivity contribution < 1.29 is 4.74 Å². The average Bonchev–Trinajstić information content (AvgIpc) is 2.39. The normalized spacial score (nSPS) is 35.4. The van der Waals surface area contributed by atoms with E-state index in [2.05, 4.69) is 18.7 Å². The smallest absolute Gasteiger partial charge is 0.0622 e. The highest BCUT2D eigenvalue weighted by Crippen LogP contribution is 2.28. The molecule has 0 aromatic rings. The zero-order chi connectivity index (χ0) is 9.97. The lowest BCUT2D eigenvalue weighted by Gasteiger charge is -2.33. The summed E-state index contributed by atoms with van der Waals surface area (Å²) in [6.45, 7) is 9.12. The summed E-state index contributed by atoms with van der Waals surface area (Å²) in [5, 5.41) is 0. The lowest BCUT2D eigenvalue weighted by Crippen LogP contribution is -2.44. The Kier molecular flexibility index (Phi) is 3.45. The number of fused-ring (bicyclic) bond motifs is 1. The maximum Gasteiger partial charge on any atom is 0.0622 e. The minimum Gasteiger partial charge on any atom is -0.378 e. The highest BCUT2D eigenvalue weighted by Gasteiger charge is 2.28. The summed E-state index contributed by atoms with van der Waals surface area (Å²) in [6.07, 6.45) is 4.15. The first-order chi connectivity index (χ1) is 6.77. The number of rotatable bonds is 1. The largest absolute Gasteiger partial charge is 0.378 e. The summed E-state index contributed by atoms with van der Waals surface area (Å²) in [4.78, 5) is 2.64. The van der Waals surface area contributed by atoms with E-state index >= 15 is 0 Å². The molecule has 2 aliphatic heterocycles. The fraction of sp³-hybridized carbons (Fsp3) is 1.00. The van der Waals surface area contributed by atoms with Crippen LogP contribution in [0.3, 0.4) is 0 Å².